The second-order valence-corrected chi connectivity index (χ2v) is 8.44. The van der Waals surface area contributed by atoms with Crippen LogP contribution in [-0.2, 0) is 0 Å². The van der Waals surface area contributed by atoms with E-state index < -0.39 is 0 Å². The number of hydrogen-bond donors (Lipinski definition) is 1. The molecule has 1 N–H and O–H groups in total. The summed E-state index contributed by atoms with van der Waals surface area (Å²) in [5.74, 6) is 1.73. The molecule has 0 aliphatic carbocycles. The molecular formula is C22H24N4. The Morgan fingerprint density at radius 2 is 1.85 bits per heavy atom. The number of aromatic amines is 1. The van der Waals surface area contributed by atoms with Crippen LogP contribution >= 0.6 is 0 Å². The van der Waals surface area contributed by atoms with Gasteiger partial charge < -0.3 is 14.8 Å². The van der Waals surface area contributed by atoms with Gasteiger partial charge in [0.05, 0.1) is 11.9 Å². The lowest BCUT2D eigenvalue weighted by Gasteiger charge is -2.41. The molecule has 132 valence electrons. The lowest BCUT2D eigenvalue weighted by atomic mass is 9.84. The molecule has 0 saturated carbocycles. The minimum Gasteiger partial charge on any atom is -0.366 e. The number of hydrogen-bond acceptors (Lipinski definition) is 3. The number of anilines is 1. The number of aromatic nitrogens is 2. The van der Waals surface area contributed by atoms with Crippen molar-refractivity contribution in [3.05, 3.63) is 48.9 Å². The molecule has 6 heterocycles. The standard InChI is InChI=1S/C22H24N4/c1-2-22-18(3-4-24-22)7-17(1)19-8-20(10-23-9-19)26-13-16-5-15-6-21(26)14-25(11-15)12-16/h1-4,7-10,15-16,21,24H,5-6,11-14H2. The first-order valence-electron chi connectivity index (χ1n) is 9.83. The number of nitrogens with zero attached hydrogens (tertiary/aromatic N) is 3. The second-order valence-electron chi connectivity index (χ2n) is 8.44. The van der Waals surface area contributed by atoms with Crippen molar-refractivity contribution in [3.8, 4) is 11.1 Å². The van der Waals surface area contributed by atoms with Crippen LogP contribution in [-0.4, -0.2) is 47.1 Å². The van der Waals surface area contributed by atoms with Gasteiger partial charge in [-0.05, 0) is 59.9 Å². The first-order valence-corrected chi connectivity index (χ1v) is 9.83. The molecule has 4 atom stereocenters. The van der Waals surface area contributed by atoms with Gasteiger partial charge >= 0.3 is 0 Å². The Bertz CT molecular complexity index is 947. The van der Waals surface area contributed by atoms with Gasteiger partial charge in [-0.25, -0.2) is 0 Å². The molecule has 4 heteroatoms. The molecule has 0 spiro atoms. The Hall–Kier alpha value is -2.33. The number of fused-ring (bicyclic) bond motifs is 2. The Morgan fingerprint density at radius 3 is 2.81 bits per heavy atom. The predicted octanol–water partition coefficient (Wildman–Crippen LogP) is 3.76. The molecule has 0 amide bonds. The fourth-order valence-corrected chi connectivity index (χ4v) is 5.58. The number of pyridine rings is 1. The highest BCUT2D eigenvalue weighted by Gasteiger charge is 2.41. The monoisotopic (exact) mass is 344 g/mol. The Kier molecular flexibility index (Phi) is 3.18. The van der Waals surface area contributed by atoms with E-state index >= 15 is 0 Å². The molecule has 2 aromatic heterocycles. The van der Waals surface area contributed by atoms with E-state index in [1.165, 1.54) is 66.7 Å². The van der Waals surface area contributed by atoms with Crippen LogP contribution in [0.25, 0.3) is 22.0 Å². The van der Waals surface area contributed by atoms with Crippen LogP contribution < -0.4 is 4.90 Å². The van der Waals surface area contributed by atoms with Gasteiger partial charge in [0.1, 0.15) is 0 Å². The van der Waals surface area contributed by atoms with E-state index in [0.717, 1.165) is 11.8 Å². The van der Waals surface area contributed by atoms with Crippen LogP contribution in [0.1, 0.15) is 12.8 Å². The number of nitrogens with one attached hydrogen (secondary N) is 1. The summed E-state index contributed by atoms with van der Waals surface area (Å²) in [5, 5.41) is 1.26. The molecule has 4 nitrogen and oxygen atoms in total. The largest absolute Gasteiger partial charge is 0.366 e. The Labute approximate surface area is 153 Å². The molecule has 4 aliphatic heterocycles. The smallest absolute Gasteiger partial charge is 0.0562 e. The quantitative estimate of drug-likeness (QED) is 0.769. The molecule has 1 aromatic carbocycles. The van der Waals surface area contributed by atoms with Gasteiger partial charge in [0.15, 0.2) is 0 Å². The summed E-state index contributed by atoms with van der Waals surface area (Å²) in [6, 6.07) is 11.8. The summed E-state index contributed by atoms with van der Waals surface area (Å²) in [6.07, 6.45) is 8.84. The average molecular weight is 344 g/mol. The van der Waals surface area contributed by atoms with Crippen LogP contribution in [0.15, 0.2) is 48.9 Å². The molecule has 4 unspecified atom stereocenters. The van der Waals surface area contributed by atoms with Crippen molar-refractivity contribution in [2.45, 2.75) is 18.9 Å². The Morgan fingerprint density at radius 1 is 0.885 bits per heavy atom. The summed E-state index contributed by atoms with van der Waals surface area (Å²) in [4.78, 5) is 13.2. The number of rotatable bonds is 2. The van der Waals surface area contributed by atoms with Gasteiger partial charge in [0, 0.05) is 55.7 Å². The maximum atomic E-state index is 4.62. The number of piperidine rings is 2. The van der Waals surface area contributed by atoms with Crippen molar-refractivity contribution in [1.29, 1.82) is 0 Å². The van der Waals surface area contributed by atoms with E-state index in [-0.39, 0.29) is 0 Å². The van der Waals surface area contributed by atoms with Crippen LogP contribution in [0, 0.1) is 11.8 Å². The molecule has 3 aromatic rings. The van der Waals surface area contributed by atoms with Crippen molar-refractivity contribution in [3.63, 3.8) is 0 Å². The third-order valence-electron chi connectivity index (χ3n) is 6.61. The van der Waals surface area contributed by atoms with Gasteiger partial charge in [-0.15, -0.1) is 0 Å². The predicted molar refractivity (Wildman–Crippen MR) is 105 cm³/mol. The highest BCUT2D eigenvalue weighted by Crippen LogP contribution is 2.39. The molecule has 4 bridgehead atoms. The lowest BCUT2D eigenvalue weighted by molar-refractivity contribution is 0.0980. The van der Waals surface area contributed by atoms with E-state index in [4.69, 9.17) is 0 Å². The zero-order chi connectivity index (χ0) is 17.1. The summed E-state index contributed by atoms with van der Waals surface area (Å²) >= 11 is 0. The summed E-state index contributed by atoms with van der Waals surface area (Å²) in [7, 11) is 0. The second kappa shape index (κ2) is 5.58. The molecule has 4 saturated heterocycles. The first kappa shape index (κ1) is 14.8. The van der Waals surface area contributed by atoms with E-state index in [0.29, 0.717) is 6.04 Å². The number of H-pyrrole nitrogens is 1. The molecule has 7 rings (SSSR count). The first-order chi connectivity index (χ1) is 12.8. The van der Waals surface area contributed by atoms with E-state index in [9.17, 15) is 0 Å². The highest BCUT2D eigenvalue weighted by atomic mass is 15.3. The molecule has 4 fully saturated rings. The van der Waals surface area contributed by atoms with Crippen molar-refractivity contribution < 1.29 is 0 Å². The SMILES string of the molecule is c1cc2cc(-c3cncc(N4CC5CC6CC4CN(C6)C5)c3)ccc2[nH]1. The zero-order valence-corrected chi connectivity index (χ0v) is 14.9. The van der Waals surface area contributed by atoms with E-state index in [1.54, 1.807) is 0 Å². The van der Waals surface area contributed by atoms with E-state index in [1.807, 2.05) is 12.4 Å². The lowest BCUT2D eigenvalue weighted by Crippen LogP contribution is -2.49. The fraction of sp³-hybridized carbons (Fsp3) is 0.409. The maximum absolute atomic E-state index is 4.62. The van der Waals surface area contributed by atoms with Gasteiger partial charge in [-0.1, -0.05) is 6.07 Å². The minimum atomic E-state index is 0.658. The van der Waals surface area contributed by atoms with Gasteiger partial charge in [-0.3, -0.25) is 4.98 Å². The molecule has 26 heavy (non-hydrogen) atoms. The average Bonchev–Trinajstić information content (AvgIpc) is 3.04. The number of benzene rings is 1. The molecule has 0 radical (unpaired) electrons. The minimum absolute atomic E-state index is 0.658. The molecule has 4 aliphatic rings. The van der Waals surface area contributed by atoms with E-state index in [2.05, 4.69) is 56.3 Å². The normalized spacial score (nSPS) is 30.1. The highest BCUT2D eigenvalue weighted by molar-refractivity contribution is 5.85. The van der Waals surface area contributed by atoms with Crippen LogP contribution in [0.2, 0.25) is 0 Å². The Balaban J connectivity index is 1.37. The third-order valence-corrected chi connectivity index (χ3v) is 6.61. The molecular weight excluding hydrogens is 320 g/mol. The van der Waals surface area contributed by atoms with Crippen LogP contribution in [0.3, 0.4) is 0 Å². The van der Waals surface area contributed by atoms with Crippen molar-refractivity contribution in [2.24, 2.45) is 11.8 Å². The van der Waals surface area contributed by atoms with Crippen molar-refractivity contribution in [2.75, 3.05) is 31.1 Å². The zero-order valence-electron chi connectivity index (χ0n) is 14.9. The fourth-order valence-electron chi connectivity index (χ4n) is 5.58. The summed E-state index contributed by atoms with van der Waals surface area (Å²) < 4.78 is 0. The van der Waals surface area contributed by atoms with Crippen LogP contribution in [0.4, 0.5) is 5.69 Å². The third kappa shape index (κ3) is 2.36. The topological polar surface area (TPSA) is 35.2 Å². The van der Waals surface area contributed by atoms with Crippen molar-refractivity contribution in [1.82, 2.24) is 14.9 Å². The maximum Gasteiger partial charge on any atom is 0.0562 e. The van der Waals surface area contributed by atoms with Gasteiger partial charge in [-0.2, -0.15) is 0 Å². The van der Waals surface area contributed by atoms with Gasteiger partial charge in [0.25, 0.3) is 0 Å². The summed E-state index contributed by atoms with van der Waals surface area (Å²) in [5.41, 5.74) is 4.95. The summed E-state index contributed by atoms with van der Waals surface area (Å²) in [6.45, 7) is 5.04. The van der Waals surface area contributed by atoms with Crippen molar-refractivity contribution >= 4 is 16.6 Å². The van der Waals surface area contributed by atoms with Crippen LogP contribution in [0.5, 0.6) is 0 Å². The van der Waals surface area contributed by atoms with Gasteiger partial charge in [0.2, 0.25) is 0 Å².